The van der Waals surface area contributed by atoms with Gasteiger partial charge in [0.1, 0.15) is 11.9 Å². The Bertz CT molecular complexity index is 770. The Balaban J connectivity index is 1.83. The second-order valence-electron chi connectivity index (χ2n) is 4.89. The van der Waals surface area contributed by atoms with Gasteiger partial charge in [-0.25, -0.2) is 8.42 Å². The van der Waals surface area contributed by atoms with Crippen molar-refractivity contribution in [2.75, 3.05) is 26.8 Å². The summed E-state index contributed by atoms with van der Waals surface area (Å²) in [6, 6.07) is 1.64. The molecule has 0 amide bonds. The standard InChI is InChI=1S/C13H17N3O5S2/c1-3-11-14-15-12(21-11)10-8-16(5-6-20-10)23(17,18)13-9(19-2)4-7-22-13/h4,7,10H,3,5-6,8H2,1-2H3. The van der Waals surface area contributed by atoms with E-state index in [0.29, 0.717) is 24.0 Å². The van der Waals surface area contributed by atoms with E-state index in [4.69, 9.17) is 13.9 Å². The quantitative estimate of drug-likeness (QED) is 0.797. The zero-order valence-corrected chi connectivity index (χ0v) is 14.4. The molecule has 0 N–H and O–H groups in total. The molecule has 2 aromatic heterocycles. The molecule has 1 fully saturated rings. The Hall–Kier alpha value is -1.49. The molecule has 8 nitrogen and oxygen atoms in total. The number of nitrogens with zero attached hydrogens (tertiary/aromatic N) is 3. The molecule has 0 aromatic carbocycles. The molecule has 0 bridgehead atoms. The summed E-state index contributed by atoms with van der Waals surface area (Å²) >= 11 is 1.13. The van der Waals surface area contributed by atoms with Crippen LogP contribution >= 0.6 is 11.3 Å². The predicted octanol–water partition coefficient (Wildman–Crippen LogP) is 1.46. The smallest absolute Gasteiger partial charge is 0.256 e. The van der Waals surface area contributed by atoms with Gasteiger partial charge in [0.2, 0.25) is 11.8 Å². The van der Waals surface area contributed by atoms with Gasteiger partial charge in [-0.2, -0.15) is 4.31 Å². The van der Waals surface area contributed by atoms with Crippen molar-refractivity contribution < 1.29 is 22.3 Å². The second-order valence-corrected chi connectivity index (χ2v) is 7.94. The van der Waals surface area contributed by atoms with E-state index in [1.165, 1.54) is 11.4 Å². The van der Waals surface area contributed by atoms with Crippen molar-refractivity contribution >= 4 is 21.4 Å². The largest absolute Gasteiger partial charge is 0.494 e. The third kappa shape index (κ3) is 3.11. The highest BCUT2D eigenvalue weighted by Crippen LogP contribution is 2.34. The molecular formula is C13H17N3O5S2. The minimum atomic E-state index is -3.64. The highest BCUT2D eigenvalue weighted by atomic mass is 32.2. The summed E-state index contributed by atoms with van der Waals surface area (Å²) in [4.78, 5) is 0. The predicted molar refractivity (Wildman–Crippen MR) is 82.0 cm³/mol. The molecule has 1 saturated heterocycles. The minimum absolute atomic E-state index is 0.134. The molecular weight excluding hydrogens is 342 g/mol. The fourth-order valence-electron chi connectivity index (χ4n) is 2.27. The van der Waals surface area contributed by atoms with Crippen LogP contribution in [0.1, 0.15) is 24.8 Å². The molecule has 3 heterocycles. The summed E-state index contributed by atoms with van der Waals surface area (Å²) < 4.78 is 43.4. The Morgan fingerprint density at radius 2 is 2.30 bits per heavy atom. The molecule has 0 saturated carbocycles. The van der Waals surface area contributed by atoms with E-state index in [-0.39, 0.29) is 23.9 Å². The summed E-state index contributed by atoms with van der Waals surface area (Å²) in [5.74, 6) is 1.16. The van der Waals surface area contributed by atoms with Gasteiger partial charge < -0.3 is 13.9 Å². The maximum atomic E-state index is 12.8. The zero-order valence-electron chi connectivity index (χ0n) is 12.8. The Kier molecular flexibility index (Phi) is 4.67. The molecule has 2 aromatic rings. The van der Waals surface area contributed by atoms with Crippen LogP contribution in [-0.4, -0.2) is 49.7 Å². The number of sulfonamides is 1. The fourth-order valence-corrected chi connectivity index (χ4v) is 5.11. The number of methoxy groups -OCH3 is 1. The van der Waals surface area contributed by atoms with Gasteiger partial charge >= 0.3 is 0 Å². The summed E-state index contributed by atoms with van der Waals surface area (Å²) in [5.41, 5.74) is 0. The van der Waals surface area contributed by atoms with Gasteiger partial charge in [0.25, 0.3) is 10.0 Å². The van der Waals surface area contributed by atoms with Gasteiger partial charge in [0.05, 0.1) is 13.7 Å². The molecule has 0 aliphatic carbocycles. The average molecular weight is 359 g/mol. The number of thiophene rings is 1. The summed E-state index contributed by atoms with van der Waals surface area (Å²) in [7, 11) is -2.19. The topological polar surface area (TPSA) is 94.8 Å². The number of hydrogen-bond donors (Lipinski definition) is 0. The van der Waals surface area contributed by atoms with E-state index in [1.54, 1.807) is 11.4 Å². The van der Waals surface area contributed by atoms with Gasteiger partial charge in [-0.1, -0.05) is 6.92 Å². The molecule has 126 valence electrons. The van der Waals surface area contributed by atoms with E-state index < -0.39 is 16.1 Å². The molecule has 10 heteroatoms. The van der Waals surface area contributed by atoms with Crippen molar-refractivity contribution in [2.24, 2.45) is 0 Å². The molecule has 0 radical (unpaired) electrons. The SMILES string of the molecule is CCc1nnc(C2CN(S(=O)(=O)c3sccc3OC)CCO2)o1. The van der Waals surface area contributed by atoms with Crippen molar-refractivity contribution in [3.8, 4) is 5.75 Å². The van der Waals surface area contributed by atoms with Crippen LogP contribution < -0.4 is 4.74 Å². The van der Waals surface area contributed by atoms with Crippen LogP contribution in [0.4, 0.5) is 0 Å². The van der Waals surface area contributed by atoms with Gasteiger partial charge in [0, 0.05) is 19.5 Å². The molecule has 23 heavy (non-hydrogen) atoms. The first kappa shape index (κ1) is 16.4. The second kappa shape index (κ2) is 6.56. The summed E-state index contributed by atoms with van der Waals surface area (Å²) in [5, 5.41) is 9.52. The van der Waals surface area contributed by atoms with Crippen LogP contribution in [0.3, 0.4) is 0 Å². The van der Waals surface area contributed by atoms with E-state index >= 15 is 0 Å². The number of aryl methyl sites for hydroxylation is 1. The summed E-state index contributed by atoms with van der Waals surface area (Å²) in [6.45, 7) is 2.57. The van der Waals surface area contributed by atoms with E-state index in [0.717, 1.165) is 11.3 Å². The number of morpholine rings is 1. The first-order valence-electron chi connectivity index (χ1n) is 7.11. The van der Waals surface area contributed by atoms with Crippen molar-refractivity contribution in [1.29, 1.82) is 0 Å². The maximum absolute atomic E-state index is 12.8. The van der Waals surface area contributed by atoms with Gasteiger partial charge in [-0.05, 0) is 11.4 Å². The molecule has 1 atom stereocenters. The Labute approximate surface area is 138 Å². The third-order valence-corrected chi connectivity index (χ3v) is 6.77. The highest BCUT2D eigenvalue weighted by molar-refractivity contribution is 7.91. The van der Waals surface area contributed by atoms with Crippen LogP contribution in [0.5, 0.6) is 5.75 Å². The van der Waals surface area contributed by atoms with Gasteiger partial charge in [0.15, 0.2) is 4.21 Å². The number of aromatic nitrogens is 2. The van der Waals surface area contributed by atoms with E-state index in [2.05, 4.69) is 10.2 Å². The highest BCUT2D eigenvalue weighted by Gasteiger charge is 2.36. The summed E-state index contributed by atoms with van der Waals surface area (Å²) in [6.07, 6.45) is 0.0611. The van der Waals surface area contributed by atoms with Gasteiger partial charge in [-0.3, -0.25) is 0 Å². The molecule has 1 aliphatic rings. The molecule has 1 unspecified atom stereocenters. The zero-order chi connectivity index (χ0) is 16.4. The third-order valence-electron chi connectivity index (χ3n) is 3.48. The molecule has 1 aliphatic heterocycles. The number of hydrogen-bond acceptors (Lipinski definition) is 8. The Morgan fingerprint density at radius 3 is 3.00 bits per heavy atom. The minimum Gasteiger partial charge on any atom is -0.494 e. The lowest BCUT2D eigenvalue weighted by Crippen LogP contribution is -2.42. The van der Waals surface area contributed by atoms with Crippen LogP contribution in [0.25, 0.3) is 0 Å². The number of ether oxygens (including phenoxy) is 2. The lowest BCUT2D eigenvalue weighted by Gasteiger charge is -2.30. The van der Waals surface area contributed by atoms with Crippen molar-refractivity contribution in [1.82, 2.24) is 14.5 Å². The van der Waals surface area contributed by atoms with Crippen LogP contribution in [0.15, 0.2) is 20.1 Å². The van der Waals surface area contributed by atoms with Crippen molar-refractivity contribution in [3.63, 3.8) is 0 Å². The molecule has 3 rings (SSSR count). The average Bonchev–Trinajstić information content (AvgIpc) is 3.24. The monoisotopic (exact) mass is 359 g/mol. The first-order valence-corrected chi connectivity index (χ1v) is 9.43. The van der Waals surface area contributed by atoms with Crippen molar-refractivity contribution in [2.45, 2.75) is 23.7 Å². The first-order chi connectivity index (χ1) is 11.1. The maximum Gasteiger partial charge on any atom is 0.256 e. The molecule has 0 spiro atoms. The van der Waals surface area contributed by atoms with Crippen LogP contribution in [0.2, 0.25) is 0 Å². The normalized spacial score (nSPS) is 19.8. The van der Waals surface area contributed by atoms with Crippen LogP contribution in [0, 0.1) is 0 Å². The number of rotatable bonds is 5. The van der Waals surface area contributed by atoms with Crippen molar-refractivity contribution in [3.05, 3.63) is 23.2 Å². The van der Waals surface area contributed by atoms with E-state index in [9.17, 15) is 8.42 Å². The fraction of sp³-hybridized carbons (Fsp3) is 0.538. The van der Waals surface area contributed by atoms with Gasteiger partial charge in [-0.15, -0.1) is 21.5 Å². The Morgan fingerprint density at radius 1 is 1.48 bits per heavy atom. The van der Waals surface area contributed by atoms with Crippen LogP contribution in [-0.2, 0) is 21.2 Å². The lowest BCUT2D eigenvalue weighted by molar-refractivity contribution is -0.0177. The lowest BCUT2D eigenvalue weighted by atomic mass is 10.3. The van der Waals surface area contributed by atoms with E-state index in [1.807, 2.05) is 6.92 Å².